The van der Waals surface area contributed by atoms with Crippen molar-refractivity contribution in [2.24, 2.45) is 5.92 Å². The first-order valence-corrected chi connectivity index (χ1v) is 7.40. The molecule has 0 spiro atoms. The van der Waals surface area contributed by atoms with Crippen molar-refractivity contribution in [1.82, 2.24) is 10.2 Å². The molecule has 0 radical (unpaired) electrons. The molecule has 2 nitrogen and oxygen atoms in total. The van der Waals surface area contributed by atoms with E-state index in [9.17, 15) is 4.39 Å². The van der Waals surface area contributed by atoms with E-state index in [4.69, 9.17) is 11.6 Å². The Kier molecular flexibility index (Phi) is 5.61. The van der Waals surface area contributed by atoms with Crippen molar-refractivity contribution < 1.29 is 4.39 Å². The maximum Gasteiger partial charge on any atom is 0.127 e. The van der Waals surface area contributed by atoms with Gasteiger partial charge < -0.3 is 10.2 Å². The first-order valence-electron chi connectivity index (χ1n) is 7.02. The van der Waals surface area contributed by atoms with Crippen LogP contribution in [0.2, 0.25) is 5.02 Å². The summed E-state index contributed by atoms with van der Waals surface area (Å²) in [4.78, 5) is 2.47. The van der Waals surface area contributed by atoms with Gasteiger partial charge in [0.1, 0.15) is 5.82 Å². The minimum absolute atomic E-state index is 0.191. The second-order valence-corrected chi connectivity index (χ2v) is 5.87. The van der Waals surface area contributed by atoms with E-state index in [0.29, 0.717) is 17.1 Å². The van der Waals surface area contributed by atoms with Crippen LogP contribution in [0, 0.1) is 11.7 Å². The van der Waals surface area contributed by atoms with Gasteiger partial charge in [0.25, 0.3) is 0 Å². The molecule has 0 unspecified atom stereocenters. The van der Waals surface area contributed by atoms with Gasteiger partial charge in [0.05, 0.1) is 0 Å². The fourth-order valence-electron chi connectivity index (χ4n) is 2.42. The van der Waals surface area contributed by atoms with Crippen LogP contribution in [-0.2, 0) is 6.54 Å². The van der Waals surface area contributed by atoms with Gasteiger partial charge in [-0.2, -0.15) is 0 Å². The van der Waals surface area contributed by atoms with Crippen LogP contribution in [0.4, 0.5) is 4.39 Å². The quantitative estimate of drug-likeness (QED) is 0.835. The third-order valence-electron chi connectivity index (χ3n) is 3.80. The first kappa shape index (κ1) is 14.8. The number of nitrogens with one attached hydrogen (secondary N) is 1. The average Bonchev–Trinajstić information content (AvgIpc) is 2.40. The van der Waals surface area contributed by atoms with Gasteiger partial charge in [-0.1, -0.05) is 18.5 Å². The van der Waals surface area contributed by atoms with Crippen molar-refractivity contribution in [3.8, 4) is 0 Å². The molecule has 1 heterocycles. The number of hydrogen-bond donors (Lipinski definition) is 1. The van der Waals surface area contributed by atoms with Crippen molar-refractivity contribution >= 4 is 11.6 Å². The summed E-state index contributed by atoms with van der Waals surface area (Å²) in [5.74, 6) is 0.675. The molecular formula is C15H22ClFN2. The summed E-state index contributed by atoms with van der Waals surface area (Å²) < 4.78 is 13.5. The Morgan fingerprint density at radius 3 is 2.84 bits per heavy atom. The van der Waals surface area contributed by atoms with Crippen LogP contribution in [0.3, 0.4) is 0 Å². The van der Waals surface area contributed by atoms with Crippen LogP contribution in [0.25, 0.3) is 0 Å². The van der Waals surface area contributed by atoms with Crippen LogP contribution in [-0.4, -0.2) is 31.1 Å². The SMILES string of the molecule is CC1CCN(CCNCc2cc(Cl)ccc2F)CC1. The molecular weight excluding hydrogens is 263 g/mol. The molecule has 0 atom stereocenters. The molecule has 1 aromatic carbocycles. The van der Waals surface area contributed by atoms with E-state index in [1.165, 1.54) is 32.0 Å². The van der Waals surface area contributed by atoms with Gasteiger partial charge in [0.2, 0.25) is 0 Å². The number of nitrogens with zero attached hydrogens (tertiary/aromatic N) is 1. The zero-order chi connectivity index (χ0) is 13.7. The molecule has 0 amide bonds. The molecule has 0 saturated carbocycles. The largest absolute Gasteiger partial charge is 0.311 e. The van der Waals surface area contributed by atoms with Gasteiger partial charge in [0, 0.05) is 30.2 Å². The smallest absolute Gasteiger partial charge is 0.127 e. The highest BCUT2D eigenvalue weighted by Gasteiger charge is 2.14. The van der Waals surface area contributed by atoms with Crippen LogP contribution in [0.1, 0.15) is 25.3 Å². The predicted octanol–water partition coefficient (Wildman–Crippen LogP) is 3.30. The highest BCUT2D eigenvalue weighted by Crippen LogP contribution is 2.16. The minimum atomic E-state index is -0.191. The molecule has 0 bridgehead atoms. The van der Waals surface area contributed by atoms with E-state index < -0.39 is 0 Å². The first-order chi connectivity index (χ1) is 9.15. The van der Waals surface area contributed by atoms with Gasteiger partial charge in [-0.05, 0) is 50.0 Å². The molecule has 1 fully saturated rings. The summed E-state index contributed by atoms with van der Waals surface area (Å²) in [6.45, 7) is 7.16. The lowest BCUT2D eigenvalue weighted by Gasteiger charge is -2.30. The van der Waals surface area contributed by atoms with Crippen molar-refractivity contribution in [3.63, 3.8) is 0 Å². The van der Waals surface area contributed by atoms with Crippen molar-refractivity contribution in [2.45, 2.75) is 26.3 Å². The van der Waals surface area contributed by atoms with E-state index in [0.717, 1.165) is 19.0 Å². The molecule has 0 aromatic heterocycles. The summed E-state index contributed by atoms with van der Waals surface area (Å²) in [5, 5.41) is 3.87. The molecule has 19 heavy (non-hydrogen) atoms. The third kappa shape index (κ3) is 4.75. The zero-order valence-corrected chi connectivity index (χ0v) is 12.2. The summed E-state index contributed by atoms with van der Waals surface area (Å²) in [7, 11) is 0. The predicted molar refractivity (Wildman–Crippen MR) is 78.0 cm³/mol. The zero-order valence-electron chi connectivity index (χ0n) is 11.5. The number of likely N-dealkylation sites (tertiary alicyclic amines) is 1. The minimum Gasteiger partial charge on any atom is -0.311 e. The van der Waals surface area contributed by atoms with E-state index >= 15 is 0 Å². The van der Waals surface area contributed by atoms with E-state index in [-0.39, 0.29) is 5.82 Å². The fourth-order valence-corrected chi connectivity index (χ4v) is 2.62. The van der Waals surface area contributed by atoms with Gasteiger partial charge in [-0.25, -0.2) is 4.39 Å². The van der Waals surface area contributed by atoms with Crippen molar-refractivity contribution in [1.29, 1.82) is 0 Å². The maximum absolute atomic E-state index is 13.5. The molecule has 1 N–H and O–H groups in total. The number of benzene rings is 1. The lowest BCUT2D eigenvalue weighted by molar-refractivity contribution is 0.193. The molecule has 0 aliphatic carbocycles. The Hall–Kier alpha value is -0.640. The summed E-state index contributed by atoms with van der Waals surface area (Å²) in [5.41, 5.74) is 0.639. The normalized spacial score (nSPS) is 17.8. The van der Waals surface area contributed by atoms with Gasteiger partial charge in [-0.15, -0.1) is 0 Å². The number of piperidine rings is 1. The highest BCUT2D eigenvalue weighted by molar-refractivity contribution is 6.30. The van der Waals surface area contributed by atoms with Crippen LogP contribution in [0.15, 0.2) is 18.2 Å². The van der Waals surface area contributed by atoms with Crippen LogP contribution in [0.5, 0.6) is 0 Å². The fraction of sp³-hybridized carbons (Fsp3) is 0.600. The second-order valence-electron chi connectivity index (χ2n) is 5.44. The van der Waals surface area contributed by atoms with Crippen LogP contribution < -0.4 is 5.32 Å². The Morgan fingerprint density at radius 2 is 2.11 bits per heavy atom. The van der Waals surface area contributed by atoms with Gasteiger partial charge >= 0.3 is 0 Å². The number of halogens is 2. The summed E-state index contributed by atoms with van der Waals surface area (Å²) in [6, 6.07) is 4.69. The van der Waals surface area contributed by atoms with E-state index in [1.54, 1.807) is 12.1 Å². The Labute approximate surface area is 119 Å². The Balaban J connectivity index is 1.68. The lowest BCUT2D eigenvalue weighted by Crippen LogP contribution is -2.37. The number of hydrogen-bond acceptors (Lipinski definition) is 2. The maximum atomic E-state index is 13.5. The van der Waals surface area contributed by atoms with Crippen LogP contribution >= 0.6 is 11.6 Å². The van der Waals surface area contributed by atoms with Gasteiger partial charge in [-0.3, -0.25) is 0 Å². The molecule has 106 valence electrons. The standard InChI is InChI=1S/C15H22ClFN2/c1-12-4-7-19(8-5-12)9-6-18-11-13-10-14(16)2-3-15(13)17/h2-3,10,12,18H,4-9,11H2,1H3. The molecule has 1 aliphatic rings. The van der Waals surface area contributed by atoms with E-state index in [2.05, 4.69) is 17.1 Å². The highest BCUT2D eigenvalue weighted by atomic mass is 35.5. The van der Waals surface area contributed by atoms with Gasteiger partial charge in [0.15, 0.2) is 0 Å². The average molecular weight is 285 g/mol. The third-order valence-corrected chi connectivity index (χ3v) is 4.04. The molecule has 1 aliphatic heterocycles. The second kappa shape index (κ2) is 7.22. The Bertz CT molecular complexity index is 403. The lowest BCUT2D eigenvalue weighted by atomic mass is 9.99. The topological polar surface area (TPSA) is 15.3 Å². The van der Waals surface area contributed by atoms with Crippen molar-refractivity contribution in [3.05, 3.63) is 34.6 Å². The molecule has 2 rings (SSSR count). The van der Waals surface area contributed by atoms with E-state index in [1.807, 2.05) is 0 Å². The Morgan fingerprint density at radius 1 is 1.37 bits per heavy atom. The number of rotatable bonds is 5. The van der Waals surface area contributed by atoms with Crippen molar-refractivity contribution in [2.75, 3.05) is 26.2 Å². The molecule has 1 saturated heterocycles. The summed E-state index contributed by atoms with van der Waals surface area (Å²) >= 11 is 5.86. The summed E-state index contributed by atoms with van der Waals surface area (Å²) in [6.07, 6.45) is 2.59. The monoisotopic (exact) mass is 284 g/mol. The molecule has 1 aromatic rings. The molecule has 4 heteroatoms.